The summed E-state index contributed by atoms with van der Waals surface area (Å²) in [5, 5.41) is 3.18. The van der Waals surface area contributed by atoms with Crippen molar-refractivity contribution in [3.63, 3.8) is 0 Å². The second-order valence-corrected chi connectivity index (χ2v) is 2.23. The quantitative estimate of drug-likeness (QED) is 0.543. The molecule has 43 valence electrons. The third-order valence-corrected chi connectivity index (χ3v) is 1.41. The van der Waals surface area contributed by atoms with Crippen LogP contribution in [0.2, 0.25) is 0 Å². The Morgan fingerprint density at radius 2 is 1.88 bits per heavy atom. The molecule has 0 spiro atoms. The molecule has 5 heteroatoms. The number of hydrogen-bond acceptors (Lipinski definition) is 2. The molecule has 1 heterocycles. The van der Waals surface area contributed by atoms with Gasteiger partial charge in [-0.15, -0.1) is 0 Å². The van der Waals surface area contributed by atoms with Crippen LogP contribution >= 0.6 is 34.8 Å². The molecule has 1 aliphatic heterocycles. The van der Waals surface area contributed by atoms with Gasteiger partial charge in [-0.25, -0.2) is 5.32 Å². The number of nitrogens with one attached hydrogen (secondary N) is 1. The smallest absolute Gasteiger partial charge is 0.212 e. The number of rotatable bonds is 0. The molecule has 1 rings (SSSR count). The molecule has 0 unspecified atom stereocenters. The number of halogens is 3. The van der Waals surface area contributed by atoms with E-state index in [1.54, 1.807) is 0 Å². The molecule has 0 aromatic carbocycles. The van der Waals surface area contributed by atoms with E-state index in [1.165, 1.54) is 0 Å². The summed E-state index contributed by atoms with van der Waals surface area (Å²) in [5.74, 6) is 0. The van der Waals surface area contributed by atoms with Gasteiger partial charge in [-0.3, -0.25) is 0 Å². The molecule has 1 radical (unpaired) electrons. The van der Waals surface area contributed by atoms with Crippen LogP contribution in [-0.4, -0.2) is 5.29 Å². The first kappa shape index (κ1) is 6.20. The fourth-order valence-corrected chi connectivity index (χ4v) is 0.839. The van der Waals surface area contributed by atoms with Gasteiger partial charge in [0.15, 0.2) is 0 Å². The molecule has 1 aliphatic rings. The Bertz CT molecular complexity index is 171. The van der Waals surface area contributed by atoms with Crippen LogP contribution in [-0.2, 0) is 0 Å². The van der Waals surface area contributed by atoms with E-state index < -0.39 is 0 Å². The molecule has 1 N–H and O–H groups in total. The Hall–Kier alpha value is 0.0800. The molecule has 0 aromatic heterocycles. The third-order valence-electron chi connectivity index (χ3n) is 0.590. The molecule has 2 nitrogen and oxygen atoms in total. The van der Waals surface area contributed by atoms with Crippen LogP contribution in [0.15, 0.2) is 10.3 Å². The van der Waals surface area contributed by atoms with Crippen LogP contribution < -0.4 is 10.3 Å². The van der Waals surface area contributed by atoms with Gasteiger partial charge in [0.25, 0.3) is 5.16 Å². The first-order valence-corrected chi connectivity index (χ1v) is 2.90. The SMILES string of the molecule is ClC1=[N+]C(Cl)=C(Cl)N1. The molecule has 0 saturated carbocycles. The van der Waals surface area contributed by atoms with Crippen molar-refractivity contribution in [2.45, 2.75) is 0 Å². The number of aliphatic imine (C=N–C) groups is 1. The van der Waals surface area contributed by atoms with E-state index in [0.717, 1.165) is 0 Å². The normalized spacial score (nSPS) is 18.6. The van der Waals surface area contributed by atoms with E-state index in [2.05, 4.69) is 10.3 Å². The van der Waals surface area contributed by atoms with Crippen molar-refractivity contribution in [1.82, 2.24) is 10.3 Å². The predicted octanol–water partition coefficient (Wildman–Crippen LogP) is 1.12. The van der Waals surface area contributed by atoms with Crippen molar-refractivity contribution in [3.8, 4) is 0 Å². The van der Waals surface area contributed by atoms with Gasteiger partial charge < -0.3 is 0 Å². The summed E-state index contributed by atoms with van der Waals surface area (Å²) in [6.07, 6.45) is 0. The Kier molecular flexibility index (Phi) is 1.65. The summed E-state index contributed by atoms with van der Waals surface area (Å²) in [6, 6.07) is 0. The Labute approximate surface area is 61.1 Å². The van der Waals surface area contributed by atoms with E-state index in [0.29, 0.717) is 0 Å². The highest BCUT2D eigenvalue weighted by Gasteiger charge is 2.22. The minimum atomic E-state index is 0.205. The maximum absolute atomic E-state index is 5.40. The molecule has 0 amide bonds. The lowest BCUT2D eigenvalue weighted by Gasteiger charge is -1.75. The van der Waals surface area contributed by atoms with Gasteiger partial charge in [-0.1, -0.05) is 0 Å². The van der Waals surface area contributed by atoms with Crippen LogP contribution in [0.3, 0.4) is 0 Å². The Morgan fingerprint density at radius 1 is 1.25 bits per heavy atom. The fraction of sp³-hybridized carbons (Fsp3) is 0. The summed E-state index contributed by atoms with van der Waals surface area (Å²) < 4.78 is 0. The zero-order chi connectivity index (χ0) is 6.15. The summed E-state index contributed by atoms with van der Waals surface area (Å²) in [5.41, 5.74) is 0. The van der Waals surface area contributed by atoms with E-state index in [-0.39, 0.29) is 15.6 Å². The average Bonchev–Trinajstić information content (AvgIpc) is 1.85. The highest BCUT2D eigenvalue weighted by Crippen LogP contribution is 2.11. The highest BCUT2D eigenvalue weighted by molar-refractivity contribution is 6.66. The predicted molar refractivity (Wildman–Crippen MR) is 34.9 cm³/mol. The maximum atomic E-state index is 5.40. The van der Waals surface area contributed by atoms with Gasteiger partial charge >= 0.3 is 10.5 Å². The van der Waals surface area contributed by atoms with Crippen molar-refractivity contribution >= 4 is 40.1 Å². The van der Waals surface area contributed by atoms with Gasteiger partial charge in [0.1, 0.15) is 0 Å². The van der Waals surface area contributed by atoms with E-state index in [9.17, 15) is 0 Å². The average molecular weight is 171 g/mol. The molecule has 0 bridgehead atoms. The van der Waals surface area contributed by atoms with E-state index in [1.807, 2.05) is 0 Å². The topological polar surface area (TPSA) is 26.1 Å². The lowest BCUT2D eigenvalue weighted by Crippen LogP contribution is -2.10. The second-order valence-electron chi connectivity index (χ2n) is 1.13. The zero-order valence-electron chi connectivity index (χ0n) is 3.58. The van der Waals surface area contributed by atoms with Crippen molar-refractivity contribution in [1.29, 1.82) is 0 Å². The van der Waals surface area contributed by atoms with Crippen molar-refractivity contribution in [2.24, 2.45) is 0 Å². The van der Waals surface area contributed by atoms with E-state index in [4.69, 9.17) is 34.8 Å². The second kappa shape index (κ2) is 2.13. The molecule has 0 aliphatic carbocycles. The summed E-state index contributed by atoms with van der Waals surface area (Å²) in [6.45, 7) is 0. The largest absolute Gasteiger partial charge is 0.396 e. The number of nitrogens with zero attached hydrogens (tertiary/aromatic N) is 1. The Morgan fingerprint density at radius 3 is 2.00 bits per heavy atom. The molecular weight excluding hydrogens is 170 g/mol. The van der Waals surface area contributed by atoms with Gasteiger partial charge in [-0.05, 0) is 28.2 Å². The third kappa shape index (κ3) is 1.08. The summed E-state index contributed by atoms with van der Waals surface area (Å²) >= 11 is 16.1. The molecule has 8 heavy (non-hydrogen) atoms. The van der Waals surface area contributed by atoms with Crippen molar-refractivity contribution in [3.05, 3.63) is 10.3 Å². The zero-order valence-corrected chi connectivity index (χ0v) is 5.85. The lowest BCUT2D eigenvalue weighted by molar-refractivity contribution is 1.31. The molecule has 0 atom stereocenters. The number of hydrogen-bond donors (Lipinski definition) is 1. The van der Waals surface area contributed by atoms with Gasteiger partial charge in [0.05, 0.1) is 0 Å². The molecular formula is C3HCl3N2+. The minimum Gasteiger partial charge on any atom is -0.212 e. The lowest BCUT2D eigenvalue weighted by atomic mass is 10.9. The van der Waals surface area contributed by atoms with Crippen molar-refractivity contribution in [2.75, 3.05) is 0 Å². The summed E-state index contributed by atoms with van der Waals surface area (Å²) in [4.78, 5) is 3.55. The minimum absolute atomic E-state index is 0.205. The molecule has 0 aromatic rings. The van der Waals surface area contributed by atoms with Crippen LogP contribution in [0.5, 0.6) is 0 Å². The molecule has 0 fully saturated rings. The fourth-order valence-electron chi connectivity index (χ4n) is 0.305. The standard InChI is InChI=1S/C3HCl3N2/c4-1-2(5)8-3(6)7-1/h7H/q+1. The molecule has 0 saturated heterocycles. The monoisotopic (exact) mass is 170 g/mol. The van der Waals surface area contributed by atoms with Crippen LogP contribution in [0.1, 0.15) is 0 Å². The first-order chi connectivity index (χ1) is 3.70. The van der Waals surface area contributed by atoms with Crippen LogP contribution in [0, 0.1) is 0 Å². The number of amidine groups is 1. The first-order valence-electron chi connectivity index (χ1n) is 1.76. The van der Waals surface area contributed by atoms with E-state index >= 15 is 0 Å². The van der Waals surface area contributed by atoms with Gasteiger partial charge in [0, 0.05) is 11.6 Å². The summed E-state index contributed by atoms with van der Waals surface area (Å²) in [7, 11) is 0. The Balaban J connectivity index is 2.79. The van der Waals surface area contributed by atoms with Gasteiger partial charge in [0.2, 0.25) is 0 Å². The van der Waals surface area contributed by atoms with Crippen LogP contribution in [0.4, 0.5) is 0 Å². The maximum Gasteiger partial charge on any atom is 0.396 e. The van der Waals surface area contributed by atoms with Crippen LogP contribution in [0.25, 0.3) is 0 Å². The van der Waals surface area contributed by atoms with Gasteiger partial charge in [-0.2, -0.15) is 0 Å². The highest BCUT2D eigenvalue weighted by atomic mass is 35.5. The van der Waals surface area contributed by atoms with Crippen molar-refractivity contribution < 1.29 is 0 Å².